The Bertz CT molecular complexity index is 1140. The zero-order valence-corrected chi connectivity index (χ0v) is 18.1. The van der Waals surface area contributed by atoms with Crippen molar-refractivity contribution in [2.75, 3.05) is 13.7 Å². The normalized spacial score (nSPS) is 11.3. The summed E-state index contributed by atoms with van der Waals surface area (Å²) < 4.78 is 13.1. The quantitative estimate of drug-likeness (QED) is 0.381. The highest BCUT2D eigenvalue weighted by Gasteiger charge is 2.14. The van der Waals surface area contributed by atoms with Crippen LogP contribution in [0.1, 0.15) is 31.2 Å². The summed E-state index contributed by atoms with van der Waals surface area (Å²) in [4.78, 5) is 17.7. The number of benzene rings is 2. The monoisotopic (exact) mass is 455 g/mol. The van der Waals surface area contributed by atoms with Crippen LogP contribution in [-0.4, -0.2) is 29.6 Å². The van der Waals surface area contributed by atoms with Gasteiger partial charge in [0, 0.05) is 10.4 Å². The molecular formula is C22H22BrN3O3. The molecule has 150 valence electrons. The molecule has 1 heterocycles. The van der Waals surface area contributed by atoms with E-state index in [2.05, 4.69) is 32.6 Å². The van der Waals surface area contributed by atoms with Gasteiger partial charge in [-0.05, 0) is 42.0 Å². The van der Waals surface area contributed by atoms with Gasteiger partial charge in [0.05, 0.1) is 24.2 Å². The topological polar surface area (TPSA) is 65.7 Å². The van der Waals surface area contributed by atoms with Crippen LogP contribution in [0.15, 0.2) is 63.4 Å². The lowest BCUT2D eigenvalue weighted by Crippen LogP contribution is -2.23. The second-order valence-corrected chi connectivity index (χ2v) is 7.57. The Morgan fingerprint density at radius 1 is 1.24 bits per heavy atom. The Labute approximate surface area is 177 Å². The molecule has 0 amide bonds. The first-order valence-electron chi connectivity index (χ1n) is 9.13. The summed E-state index contributed by atoms with van der Waals surface area (Å²) in [6.45, 7) is 7.98. The molecule has 0 N–H and O–H groups in total. The van der Waals surface area contributed by atoms with Crippen LogP contribution in [0.3, 0.4) is 0 Å². The fourth-order valence-electron chi connectivity index (χ4n) is 2.81. The molecular weight excluding hydrogens is 434 g/mol. The lowest BCUT2D eigenvalue weighted by molar-refractivity contribution is 0.326. The van der Waals surface area contributed by atoms with Crippen molar-refractivity contribution in [1.29, 1.82) is 0 Å². The van der Waals surface area contributed by atoms with Crippen LogP contribution in [0.25, 0.3) is 10.9 Å². The van der Waals surface area contributed by atoms with E-state index in [1.54, 1.807) is 37.6 Å². The van der Waals surface area contributed by atoms with E-state index in [1.807, 2.05) is 32.0 Å². The molecule has 1 aromatic heterocycles. The predicted molar refractivity (Wildman–Crippen MR) is 119 cm³/mol. The van der Waals surface area contributed by atoms with E-state index in [0.29, 0.717) is 34.8 Å². The maximum absolute atomic E-state index is 13.1. The highest BCUT2D eigenvalue weighted by Crippen LogP contribution is 2.27. The molecule has 29 heavy (non-hydrogen) atoms. The van der Waals surface area contributed by atoms with Gasteiger partial charge in [0.1, 0.15) is 12.4 Å². The van der Waals surface area contributed by atoms with Crippen molar-refractivity contribution in [1.82, 2.24) is 9.66 Å². The zero-order valence-electron chi connectivity index (χ0n) is 16.6. The summed E-state index contributed by atoms with van der Waals surface area (Å²) in [6.07, 6.45) is 3.28. The van der Waals surface area contributed by atoms with E-state index in [1.165, 1.54) is 4.68 Å². The van der Waals surface area contributed by atoms with Gasteiger partial charge in [0.15, 0.2) is 11.5 Å². The third-order valence-corrected chi connectivity index (χ3v) is 4.71. The Morgan fingerprint density at radius 2 is 2.03 bits per heavy atom. The average molecular weight is 456 g/mol. The second kappa shape index (κ2) is 9.05. The Balaban J connectivity index is 2.06. The fraction of sp³-hybridized carbons (Fsp3) is 0.227. The number of aromatic nitrogens is 2. The van der Waals surface area contributed by atoms with Crippen LogP contribution < -0.4 is 15.0 Å². The summed E-state index contributed by atoms with van der Waals surface area (Å²) in [5.74, 6) is 1.81. The van der Waals surface area contributed by atoms with Crippen LogP contribution in [0.2, 0.25) is 0 Å². The lowest BCUT2D eigenvalue weighted by Gasteiger charge is -2.12. The number of fused-ring (bicyclic) bond motifs is 1. The van der Waals surface area contributed by atoms with E-state index >= 15 is 0 Å². The SMILES string of the molecule is C=CCOc1ccc(C=Nn2c(C(C)C)nc3ccc(Br)cc3c2=O)cc1OC. The standard InChI is InChI=1S/C22H22BrN3O3/c1-5-10-29-19-9-6-15(11-20(19)28-4)13-24-26-21(14(2)3)25-18-8-7-16(23)12-17(18)22(26)27/h5-9,11-14H,1,10H2,2-4H3. The number of halogens is 1. The van der Waals surface area contributed by atoms with Gasteiger partial charge < -0.3 is 9.47 Å². The molecule has 0 bridgehead atoms. The first-order valence-corrected chi connectivity index (χ1v) is 9.92. The highest BCUT2D eigenvalue weighted by atomic mass is 79.9. The molecule has 0 saturated heterocycles. The first-order chi connectivity index (χ1) is 13.9. The molecule has 6 nitrogen and oxygen atoms in total. The van der Waals surface area contributed by atoms with Crippen molar-refractivity contribution in [3.05, 3.63) is 75.3 Å². The first kappa shape index (κ1) is 20.8. The molecule has 0 radical (unpaired) electrons. The molecule has 0 aliphatic carbocycles. The summed E-state index contributed by atoms with van der Waals surface area (Å²) >= 11 is 3.41. The van der Waals surface area contributed by atoms with E-state index in [9.17, 15) is 4.79 Å². The van der Waals surface area contributed by atoms with Gasteiger partial charge in [-0.2, -0.15) is 9.78 Å². The Hall–Kier alpha value is -2.93. The summed E-state index contributed by atoms with van der Waals surface area (Å²) in [5, 5.41) is 4.94. The molecule has 7 heteroatoms. The maximum atomic E-state index is 13.1. The third kappa shape index (κ3) is 4.56. The van der Waals surface area contributed by atoms with Gasteiger partial charge in [-0.15, -0.1) is 0 Å². The third-order valence-electron chi connectivity index (χ3n) is 4.22. The molecule has 3 aromatic rings. The number of hydrogen-bond acceptors (Lipinski definition) is 5. The van der Waals surface area contributed by atoms with Crippen molar-refractivity contribution in [3.63, 3.8) is 0 Å². The van der Waals surface area contributed by atoms with Crippen molar-refractivity contribution in [3.8, 4) is 11.5 Å². The number of hydrogen-bond donors (Lipinski definition) is 0. The number of rotatable bonds is 7. The van der Waals surface area contributed by atoms with Gasteiger partial charge in [-0.25, -0.2) is 4.98 Å². The molecule has 0 atom stereocenters. The molecule has 0 aliphatic rings. The highest BCUT2D eigenvalue weighted by molar-refractivity contribution is 9.10. The van der Waals surface area contributed by atoms with Crippen LogP contribution >= 0.6 is 15.9 Å². The van der Waals surface area contributed by atoms with Gasteiger partial charge in [-0.1, -0.05) is 42.4 Å². The van der Waals surface area contributed by atoms with Crippen LogP contribution in [0, 0.1) is 0 Å². The van der Waals surface area contributed by atoms with Gasteiger partial charge >= 0.3 is 0 Å². The predicted octanol–water partition coefficient (Wildman–Crippen LogP) is 4.74. The molecule has 3 rings (SSSR count). The maximum Gasteiger partial charge on any atom is 0.282 e. The number of ether oxygens (including phenoxy) is 2. The number of methoxy groups -OCH3 is 1. The minimum Gasteiger partial charge on any atom is -0.493 e. The number of nitrogens with zero attached hydrogens (tertiary/aromatic N) is 3. The minimum absolute atomic E-state index is 0.0251. The van der Waals surface area contributed by atoms with Crippen LogP contribution in [-0.2, 0) is 0 Å². The van der Waals surface area contributed by atoms with Crippen molar-refractivity contribution >= 4 is 33.0 Å². The Kier molecular flexibility index (Phi) is 6.49. The fourth-order valence-corrected chi connectivity index (χ4v) is 3.17. The van der Waals surface area contributed by atoms with E-state index in [0.717, 1.165) is 10.0 Å². The second-order valence-electron chi connectivity index (χ2n) is 6.66. The van der Waals surface area contributed by atoms with E-state index in [4.69, 9.17) is 9.47 Å². The Morgan fingerprint density at radius 3 is 2.72 bits per heavy atom. The zero-order chi connectivity index (χ0) is 21.0. The minimum atomic E-state index is -0.214. The molecule has 0 saturated carbocycles. The van der Waals surface area contributed by atoms with E-state index in [-0.39, 0.29) is 11.5 Å². The smallest absolute Gasteiger partial charge is 0.282 e. The molecule has 0 spiro atoms. The van der Waals surface area contributed by atoms with Gasteiger partial charge in [0.2, 0.25) is 0 Å². The van der Waals surface area contributed by atoms with Crippen molar-refractivity contribution in [2.45, 2.75) is 19.8 Å². The van der Waals surface area contributed by atoms with Crippen LogP contribution in [0.5, 0.6) is 11.5 Å². The summed E-state index contributed by atoms with van der Waals surface area (Å²) in [7, 11) is 1.57. The van der Waals surface area contributed by atoms with Crippen molar-refractivity contribution < 1.29 is 9.47 Å². The molecule has 0 fully saturated rings. The average Bonchev–Trinajstić information content (AvgIpc) is 2.71. The lowest BCUT2D eigenvalue weighted by atomic mass is 10.2. The van der Waals surface area contributed by atoms with Gasteiger partial charge in [0.25, 0.3) is 5.56 Å². The summed E-state index contributed by atoms with van der Waals surface area (Å²) in [6, 6.07) is 10.9. The molecule has 0 unspecified atom stereocenters. The van der Waals surface area contributed by atoms with Crippen molar-refractivity contribution in [2.24, 2.45) is 5.10 Å². The van der Waals surface area contributed by atoms with Crippen LogP contribution in [0.4, 0.5) is 0 Å². The van der Waals surface area contributed by atoms with Gasteiger partial charge in [-0.3, -0.25) is 4.79 Å². The summed E-state index contributed by atoms with van der Waals surface area (Å²) in [5.41, 5.74) is 1.21. The molecule has 2 aromatic carbocycles. The molecule has 0 aliphatic heterocycles. The van der Waals surface area contributed by atoms with E-state index < -0.39 is 0 Å². The largest absolute Gasteiger partial charge is 0.493 e.